The fourth-order valence-corrected chi connectivity index (χ4v) is 2.05. The third-order valence-corrected chi connectivity index (χ3v) is 3.10. The van der Waals surface area contributed by atoms with Crippen LogP contribution in [-0.2, 0) is 0 Å². The average molecular weight is 283 g/mol. The Morgan fingerprint density at radius 2 is 1.67 bits per heavy atom. The van der Waals surface area contributed by atoms with E-state index in [2.05, 4.69) is 5.43 Å². The minimum Gasteiger partial charge on any atom is -0.350 e. The first-order chi connectivity index (χ1) is 9.99. The van der Waals surface area contributed by atoms with Gasteiger partial charge in [0.25, 0.3) is 5.91 Å². The number of nitrogens with two attached hydrogens (primary N) is 1. The van der Waals surface area contributed by atoms with E-state index >= 15 is 0 Å². The van der Waals surface area contributed by atoms with Crippen LogP contribution < -0.4 is 11.2 Å². The molecule has 21 heavy (non-hydrogen) atoms. The topological polar surface area (TPSA) is 75.4 Å². The maximum Gasteiger partial charge on any atom is 0.331 e. The fraction of sp³-hybridized carbons (Fsp3) is 0.125. The van der Waals surface area contributed by atoms with Crippen LogP contribution in [-0.4, -0.2) is 24.0 Å². The summed E-state index contributed by atoms with van der Waals surface area (Å²) in [6.45, 7) is 2.01. The average Bonchev–Trinajstić information content (AvgIpc) is 2.46. The van der Waals surface area contributed by atoms with Crippen molar-refractivity contribution in [3.05, 3.63) is 59.7 Å². The van der Waals surface area contributed by atoms with Crippen LogP contribution in [0.4, 0.5) is 4.79 Å². The Hall–Kier alpha value is -2.82. The van der Waals surface area contributed by atoms with Crippen LogP contribution in [0.2, 0.25) is 0 Å². The number of hydrogen-bond donors (Lipinski definition) is 2. The van der Waals surface area contributed by atoms with Crippen molar-refractivity contribution in [1.82, 2.24) is 10.4 Å². The molecule has 0 radical (unpaired) electrons. The van der Waals surface area contributed by atoms with Crippen LogP contribution in [0.5, 0.6) is 0 Å². The van der Waals surface area contributed by atoms with Crippen LogP contribution in [0.3, 0.4) is 0 Å². The summed E-state index contributed by atoms with van der Waals surface area (Å²) in [4.78, 5) is 23.3. The van der Waals surface area contributed by atoms with E-state index in [4.69, 9.17) is 5.73 Å². The summed E-state index contributed by atoms with van der Waals surface area (Å²) >= 11 is 0. The van der Waals surface area contributed by atoms with Gasteiger partial charge in [0.2, 0.25) is 0 Å². The molecule has 0 bridgehead atoms. The molecule has 0 spiro atoms. The van der Waals surface area contributed by atoms with Gasteiger partial charge < -0.3 is 5.73 Å². The molecule has 0 saturated heterocycles. The van der Waals surface area contributed by atoms with Gasteiger partial charge >= 0.3 is 6.03 Å². The van der Waals surface area contributed by atoms with Gasteiger partial charge in [0, 0.05) is 12.6 Å². The molecule has 0 heterocycles. The van der Waals surface area contributed by atoms with E-state index in [1.165, 1.54) is 7.05 Å². The van der Waals surface area contributed by atoms with Crippen molar-refractivity contribution < 1.29 is 9.59 Å². The van der Waals surface area contributed by atoms with Crippen LogP contribution >= 0.6 is 0 Å². The zero-order chi connectivity index (χ0) is 15.4. The van der Waals surface area contributed by atoms with Gasteiger partial charge in [0.1, 0.15) is 0 Å². The number of nitrogens with one attached hydrogen (secondary N) is 1. The minimum atomic E-state index is -0.779. The highest BCUT2D eigenvalue weighted by atomic mass is 16.2. The minimum absolute atomic E-state index is 0.329. The zero-order valence-corrected chi connectivity index (χ0v) is 12.0. The Bertz CT molecular complexity index is 665. The lowest BCUT2D eigenvalue weighted by Crippen LogP contribution is -2.46. The summed E-state index contributed by atoms with van der Waals surface area (Å²) in [7, 11) is 1.46. The number of nitrogens with zero attached hydrogens (tertiary/aromatic N) is 1. The first kappa shape index (κ1) is 14.6. The van der Waals surface area contributed by atoms with E-state index in [0.29, 0.717) is 5.56 Å². The van der Waals surface area contributed by atoms with E-state index < -0.39 is 6.03 Å². The van der Waals surface area contributed by atoms with Gasteiger partial charge in [-0.3, -0.25) is 9.80 Å². The third-order valence-electron chi connectivity index (χ3n) is 3.10. The number of primary amides is 1. The molecule has 0 atom stereocenters. The molecule has 2 rings (SSSR count). The van der Waals surface area contributed by atoms with Gasteiger partial charge in [-0.25, -0.2) is 10.2 Å². The van der Waals surface area contributed by atoms with Crippen LogP contribution in [0.15, 0.2) is 48.5 Å². The zero-order valence-electron chi connectivity index (χ0n) is 12.0. The molecule has 0 aliphatic rings. The monoisotopic (exact) mass is 283 g/mol. The summed E-state index contributed by atoms with van der Waals surface area (Å²) < 4.78 is 0. The number of hydrazine groups is 1. The third kappa shape index (κ3) is 3.39. The van der Waals surface area contributed by atoms with Gasteiger partial charge in [-0.15, -0.1) is 0 Å². The standard InChI is InChI=1S/C16H17N3O2/c1-11-7-9-12(10-8-11)13-5-3-4-6-14(13)15(20)19(2)18-16(17)21/h3-10H,1-2H3,(H3,17,18,21). The number of benzene rings is 2. The van der Waals surface area contributed by atoms with Gasteiger partial charge in [0.05, 0.1) is 0 Å². The molecule has 0 aliphatic carbocycles. The predicted octanol–water partition coefficient (Wildman–Crippen LogP) is 2.32. The number of urea groups is 1. The van der Waals surface area contributed by atoms with Crippen molar-refractivity contribution in [2.24, 2.45) is 5.73 Å². The molecule has 0 aromatic heterocycles. The number of hydrogen-bond acceptors (Lipinski definition) is 2. The van der Waals surface area contributed by atoms with E-state index in [1.54, 1.807) is 12.1 Å². The fourth-order valence-electron chi connectivity index (χ4n) is 2.05. The van der Waals surface area contributed by atoms with Crippen LogP contribution in [0.1, 0.15) is 15.9 Å². The lowest BCUT2D eigenvalue weighted by molar-refractivity contribution is 0.0739. The second-order valence-electron chi connectivity index (χ2n) is 4.75. The molecule has 5 nitrogen and oxygen atoms in total. The van der Waals surface area contributed by atoms with Gasteiger partial charge in [-0.1, -0.05) is 48.0 Å². The Balaban J connectivity index is 2.39. The second-order valence-corrected chi connectivity index (χ2v) is 4.75. The summed E-state index contributed by atoms with van der Waals surface area (Å²) in [6, 6.07) is 14.4. The normalized spacial score (nSPS) is 10.0. The predicted molar refractivity (Wildman–Crippen MR) is 81.4 cm³/mol. The van der Waals surface area contributed by atoms with Gasteiger partial charge in [-0.05, 0) is 24.1 Å². The molecular weight excluding hydrogens is 266 g/mol. The number of carbonyl (C=O) groups is 2. The number of rotatable bonds is 2. The molecule has 2 aromatic carbocycles. The highest BCUT2D eigenvalue weighted by Gasteiger charge is 2.17. The first-order valence-electron chi connectivity index (χ1n) is 6.49. The van der Waals surface area contributed by atoms with E-state index in [9.17, 15) is 9.59 Å². The van der Waals surface area contributed by atoms with E-state index in [-0.39, 0.29) is 5.91 Å². The van der Waals surface area contributed by atoms with Gasteiger partial charge in [-0.2, -0.15) is 0 Å². The molecule has 0 saturated carbocycles. The van der Waals surface area contributed by atoms with E-state index in [1.807, 2.05) is 43.3 Å². The molecule has 3 N–H and O–H groups in total. The molecule has 3 amide bonds. The molecule has 0 fully saturated rings. The van der Waals surface area contributed by atoms with Crippen LogP contribution in [0, 0.1) is 6.92 Å². The highest BCUT2D eigenvalue weighted by Crippen LogP contribution is 2.24. The van der Waals surface area contributed by atoms with Crippen molar-refractivity contribution >= 4 is 11.9 Å². The smallest absolute Gasteiger partial charge is 0.331 e. The summed E-state index contributed by atoms with van der Waals surface area (Å²) in [5.41, 5.74) is 10.7. The maximum absolute atomic E-state index is 12.4. The Morgan fingerprint density at radius 3 is 2.29 bits per heavy atom. The Labute approximate surface area is 123 Å². The van der Waals surface area contributed by atoms with Crippen molar-refractivity contribution in [2.75, 3.05) is 7.05 Å². The summed E-state index contributed by atoms with van der Waals surface area (Å²) in [6.07, 6.45) is 0. The molecule has 2 aromatic rings. The quantitative estimate of drug-likeness (QED) is 0.830. The van der Waals surface area contributed by atoms with Crippen LogP contribution in [0.25, 0.3) is 11.1 Å². The molecular formula is C16H17N3O2. The molecule has 0 unspecified atom stereocenters. The summed E-state index contributed by atoms with van der Waals surface area (Å²) in [5.74, 6) is -0.329. The molecule has 108 valence electrons. The largest absolute Gasteiger partial charge is 0.350 e. The highest BCUT2D eigenvalue weighted by molar-refractivity contribution is 6.01. The maximum atomic E-state index is 12.4. The van der Waals surface area contributed by atoms with Crippen molar-refractivity contribution in [3.63, 3.8) is 0 Å². The Kier molecular flexibility index (Phi) is 4.23. The van der Waals surface area contributed by atoms with Gasteiger partial charge in [0.15, 0.2) is 0 Å². The van der Waals surface area contributed by atoms with Crippen molar-refractivity contribution in [1.29, 1.82) is 0 Å². The lowest BCUT2D eigenvalue weighted by Gasteiger charge is -2.18. The second kappa shape index (κ2) is 6.09. The SMILES string of the molecule is Cc1ccc(-c2ccccc2C(=O)N(C)NC(N)=O)cc1. The first-order valence-corrected chi connectivity index (χ1v) is 6.49. The number of carbonyl (C=O) groups excluding carboxylic acids is 2. The van der Waals surface area contributed by atoms with E-state index in [0.717, 1.165) is 21.7 Å². The van der Waals surface area contributed by atoms with Crippen molar-refractivity contribution in [3.8, 4) is 11.1 Å². The lowest BCUT2D eigenvalue weighted by atomic mass is 9.98. The summed E-state index contributed by atoms with van der Waals surface area (Å²) in [5, 5.41) is 1.08. The number of amides is 3. The number of aryl methyl sites for hydroxylation is 1. The molecule has 5 heteroatoms. The van der Waals surface area contributed by atoms with Crippen molar-refractivity contribution in [2.45, 2.75) is 6.92 Å². The molecule has 0 aliphatic heterocycles. The Morgan fingerprint density at radius 1 is 1.05 bits per heavy atom.